The number of alkyl halides is 6. The van der Waals surface area contributed by atoms with Crippen molar-refractivity contribution in [3.63, 3.8) is 0 Å². The van der Waals surface area contributed by atoms with Gasteiger partial charge in [0.2, 0.25) is 0 Å². The lowest BCUT2D eigenvalue weighted by Gasteiger charge is -2.39. The van der Waals surface area contributed by atoms with Crippen LogP contribution in [0, 0.1) is 11.6 Å². The Morgan fingerprint density at radius 3 is 1.85 bits per heavy atom. The topological polar surface area (TPSA) is 41.1 Å². The van der Waals surface area contributed by atoms with E-state index in [1.165, 1.54) is 18.2 Å². The van der Waals surface area contributed by atoms with Crippen LogP contribution in [0.15, 0.2) is 48.5 Å². The van der Waals surface area contributed by atoms with Crippen LogP contribution >= 0.6 is 0 Å². The van der Waals surface area contributed by atoms with Gasteiger partial charge in [-0.15, -0.1) is 0 Å². The van der Waals surface area contributed by atoms with Crippen molar-refractivity contribution >= 4 is 11.6 Å². The van der Waals surface area contributed by atoms with Crippen molar-refractivity contribution in [2.75, 3.05) is 5.32 Å². The first-order chi connectivity index (χ1) is 12.4. The Morgan fingerprint density at radius 1 is 0.815 bits per heavy atom. The molecule has 2 N–H and O–H groups in total. The summed E-state index contributed by atoms with van der Waals surface area (Å²) < 4.78 is 107. The van der Waals surface area contributed by atoms with E-state index < -0.39 is 46.8 Å². The molecule has 0 atom stereocenters. The number of carbonyl (C=O) groups is 1. The van der Waals surface area contributed by atoms with Gasteiger partial charge in [0.1, 0.15) is 11.6 Å². The summed E-state index contributed by atoms with van der Waals surface area (Å²) in [5, 5.41) is 1.80. The van der Waals surface area contributed by atoms with E-state index in [9.17, 15) is 39.9 Å². The molecule has 0 spiro atoms. The Bertz CT molecular complexity index is 803. The standard InChI is InChI=1S/C16H10F8N2O/c17-10-6-7-12(11(18)8-10)25-14(15(19,20)21,16(22,23)24)26-13(27)9-4-2-1-3-5-9/h1-8,25H,(H,26,27). The molecule has 0 aromatic heterocycles. The van der Waals surface area contributed by atoms with E-state index in [1.54, 1.807) is 0 Å². The molecule has 0 aliphatic carbocycles. The molecule has 3 nitrogen and oxygen atoms in total. The van der Waals surface area contributed by atoms with Crippen LogP contribution in [0.4, 0.5) is 40.8 Å². The van der Waals surface area contributed by atoms with Crippen molar-refractivity contribution < 1.29 is 39.9 Å². The predicted molar refractivity (Wildman–Crippen MR) is 78.7 cm³/mol. The van der Waals surface area contributed by atoms with Crippen molar-refractivity contribution in [2.24, 2.45) is 0 Å². The highest BCUT2D eigenvalue weighted by atomic mass is 19.4. The van der Waals surface area contributed by atoms with E-state index in [0.717, 1.165) is 22.8 Å². The SMILES string of the molecule is O=C(NC(Nc1ccc(F)cc1F)(C(F)(F)F)C(F)(F)F)c1ccccc1. The molecule has 11 heteroatoms. The van der Waals surface area contributed by atoms with Crippen molar-refractivity contribution in [3.05, 3.63) is 65.7 Å². The Hall–Kier alpha value is -2.85. The summed E-state index contributed by atoms with van der Waals surface area (Å²) in [5.41, 5.74) is -6.82. The quantitative estimate of drug-likeness (QED) is 0.583. The fourth-order valence-corrected chi connectivity index (χ4v) is 2.10. The minimum atomic E-state index is -6.13. The molecule has 2 aromatic rings. The van der Waals surface area contributed by atoms with Gasteiger partial charge in [0.25, 0.3) is 5.91 Å². The summed E-state index contributed by atoms with van der Waals surface area (Å²) in [5.74, 6) is -4.63. The molecule has 0 heterocycles. The summed E-state index contributed by atoms with van der Waals surface area (Å²) in [7, 11) is 0. The summed E-state index contributed by atoms with van der Waals surface area (Å²) in [6.45, 7) is 0. The molecule has 0 bridgehead atoms. The molecule has 0 fully saturated rings. The Balaban J connectivity index is 2.55. The second-order valence-corrected chi connectivity index (χ2v) is 5.31. The van der Waals surface area contributed by atoms with Crippen LogP contribution in [0.5, 0.6) is 0 Å². The van der Waals surface area contributed by atoms with E-state index in [-0.39, 0.29) is 6.07 Å². The minimum Gasteiger partial charge on any atom is -0.345 e. The lowest BCUT2D eigenvalue weighted by molar-refractivity contribution is -0.294. The molecule has 2 aromatic carbocycles. The van der Waals surface area contributed by atoms with E-state index >= 15 is 0 Å². The third-order valence-electron chi connectivity index (χ3n) is 3.44. The van der Waals surface area contributed by atoms with Gasteiger partial charge in [-0.25, -0.2) is 8.78 Å². The number of nitrogens with one attached hydrogen (secondary N) is 2. The van der Waals surface area contributed by atoms with Crippen LogP contribution in [0.3, 0.4) is 0 Å². The van der Waals surface area contributed by atoms with Crippen LogP contribution < -0.4 is 10.6 Å². The van der Waals surface area contributed by atoms with Crippen molar-refractivity contribution in [1.29, 1.82) is 0 Å². The Kier molecular flexibility index (Phi) is 5.34. The maximum Gasteiger partial charge on any atom is 0.439 e. The van der Waals surface area contributed by atoms with Gasteiger partial charge in [0, 0.05) is 11.6 Å². The highest BCUT2D eigenvalue weighted by Crippen LogP contribution is 2.44. The molecule has 0 radical (unpaired) electrons. The smallest absolute Gasteiger partial charge is 0.345 e. The third-order valence-corrected chi connectivity index (χ3v) is 3.44. The summed E-state index contributed by atoms with van der Waals surface area (Å²) in [6, 6.07) is 6.74. The second-order valence-electron chi connectivity index (χ2n) is 5.31. The summed E-state index contributed by atoms with van der Waals surface area (Å²) >= 11 is 0. The molecule has 1 amide bonds. The van der Waals surface area contributed by atoms with E-state index in [4.69, 9.17) is 0 Å². The van der Waals surface area contributed by atoms with Gasteiger partial charge in [-0.05, 0) is 24.3 Å². The van der Waals surface area contributed by atoms with E-state index in [2.05, 4.69) is 0 Å². The number of amides is 1. The third kappa shape index (κ3) is 4.12. The molecule has 146 valence electrons. The van der Waals surface area contributed by atoms with E-state index in [1.807, 2.05) is 0 Å². The van der Waals surface area contributed by atoms with Gasteiger partial charge in [-0.3, -0.25) is 4.79 Å². The van der Waals surface area contributed by atoms with Crippen molar-refractivity contribution in [3.8, 4) is 0 Å². The van der Waals surface area contributed by atoms with Crippen molar-refractivity contribution in [2.45, 2.75) is 18.0 Å². The molecule has 0 aliphatic heterocycles. The number of rotatable bonds is 4. The lowest BCUT2D eigenvalue weighted by Crippen LogP contribution is -2.72. The fourth-order valence-electron chi connectivity index (χ4n) is 2.10. The first-order valence-electron chi connectivity index (χ1n) is 7.11. The Labute approximate surface area is 147 Å². The summed E-state index contributed by atoms with van der Waals surface area (Å²) in [4.78, 5) is 12.0. The number of benzene rings is 2. The first kappa shape index (κ1) is 20.5. The highest BCUT2D eigenvalue weighted by molar-refractivity contribution is 5.95. The molecule has 2 rings (SSSR count). The van der Waals surface area contributed by atoms with Gasteiger partial charge < -0.3 is 10.6 Å². The van der Waals surface area contributed by atoms with Gasteiger partial charge in [-0.1, -0.05) is 18.2 Å². The maximum absolute atomic E-state index is 13.7. The Morgan fingerprint density at radius 2 is 1.37 bits per heavy atom. The minimum absolute atomic E-state index is 0.0961. The molecular formula is C16H10F8N2O. The van der Waals surface area contributed by atoms with Gasteiger partial charge in [0.15, 0.2) is 0 Å². The number of anilines is 1. The molecule has 0 unspecified atom stereocenters. The van der Waals surface area contributed by atoms with E-state index in [0.29, 0.717) is 12.1 Å². The monoisotopic (exact) mass is 398 g/mol. The van der Waals surface area contributed by atoms with Crippen LogP contribution in [0.25, 0.3) is 0 Å². The number of hydrogen-bond acceptors (Lipinski definition) is 2. The normalized spacial score (nSPS) is 12.6. The van der Waals surface area contributed by atoms with Crippen LogP contribution in [0.1, 0.15) is 10.4 Å². The van der Waals surface area contributed by atoms with Crippen LogP contribution in [-0.2, 0) is 0 Å². The number of halogens is 8. The largest absolute Gasteiger partial charge is 0.439 e. The predicted octanol–water partition coefficient (Wildman–Crippen LogP) is 4.63. The lowest BCUT2D eigenvalue weighted by atomic mass is 10.1. The van der Waals surface area contributed by atoms with Crippen molar-refractivity contribution in [1.82, 2.24) is 5.32 Å². The van der Waals surface area contributed by atoms with Crippen LogP contribution in [0.2, 0.25) is 0 Å². The zero-order valence-corrected chi connectivity index (χ0v) is 13.1. The van der Waals surface area contributed by atoms with Gasteiger partial charge in [0.05, 0.1) is 5.69 Å². The highest BCUT2D eigenvalue weighted by Gasteiger charge is 2.72. The summed E-state index contributed by atoms with van der Waals surface area (Å²) in [6.07, 6.45) is -12.3. The maximum atomic E-state index is 13.7. The van der Waals surface area contributed by atoms with Crippen LogP contribution in [-0.4, -0.2) is 23.9 Å². The zero-order chi connectivity index (χ0) is 20.5. The molecule has 27 heavy (non-hydrogen) atoms. The zero-order valence-electron chi connectivity index (χ0n) is 13.1. The average Bonchev–Trinajstić information content (AvgIpc) is 2.55. The second kappa shape index (κ2) is 7.05. The average molecular weight is 398 g/mol. The van der Waals surface area contributed by atoms with Gasteiger partial charge in [-0.2, -0.15) is 26.3 Å². The van der Waals surface area contributed by atoms with Gasteiger partial charge >= 0.3 is 18.0 Å². The first-order valence-corrected chi connectivity index (χ1v) is 7.11. The molecule has 0 aliphatic rings. The number of hydrogen-bond donors (Lipinski definition) is 2. The molecular weight excluding hydrogens is 388 g/mol. The number of carbonyl (C=O) groups excluding carboxylic acids is 1. The molecule has 0 saturated carbocycles. The molecule has 0 saturated heterocycles. The fraction of sp³-hybridized carbons (Fsp3) is 0.188.